The number of rotatable bonds is 4. The molecule has 3 nitrogen and oxygen atoms in total. The molecule has 0 heterocycles. The molecule has 94 valence electrons. The molecule has 0 bridgehead atoms. The van der Waals surface area contributed by atoms with E-state index in [1.807, 2.05) is 36.6 Å². The van der Waals surface area contributed by atoms with Gasteiger partial charge in [0, 0.05) is 4.90 Å². The summed E-state index contributed by atoms with van der Waals surface area (Å²) in [5, 5.41) is 8.95. The van der Waals surface area contributed by atoms with E-state index in [4.69, 9.17) is 10.00 Å². The van der Waals surface area contributed by atoms with E-state index < -0.39 is 5.97 Å². The average molecular weight is 261 g/mol. The molecule has 0 aliphatic heterocycles. The SMILES string of the molecule is CSc1ccc(/C=C(\C#N)C(=O)OC(C)C)cc1. The van der Waals surface area contributed by atoms with Crippen LogP contribution >= 0.6 is 11.8 Å². The maximum Gasteiger partial charge on any atom is 0.349 e. The minimum atomic E-state index is -0.582. The Kier molecular flexibility index (Phi) is 5.47. The number of thioether (sulfide) groups is 1. The van der Waals surface area contributed by atoms with Gasteiger partial charge in [-0.25, -0.2) is 4.79 Å². The molecule has 0 unspecified atom stereocenters. The van der Waals surface area contributed by atoms with Gasteiger partial charge < -0.3 is 4.74 Å². The summed E-state index contributed by atoms with van der Waals surface area (Å²) < 4.78 is 4.99. The molecule has 0 aromatic heterocycles. The van der Waals surface area contributed by atoms with Gasteiger partial charge in [0.15, 0.2) is 0 Å². The Balaban J connectivity index is 2.90. The van der Waals surface area contributed by atoms with Crippen molar-refractivity contribution in [1.82, 2.24) is 0 Å². The number of hydrogen-bond donors (Lipinski definition) is 0. The van der Waals surface area contributed by atoms with Crippen molar-refractivity contribution in [2.24, 2.45) is 0 Å². The topological polar surface area (TPSA) is 50.1 Å². The summed E-state index contributed by atoms with van der Waals surface area (Å²) in [6.07, 6.45) is 3.30. The van der Waals surface area contributed by atoms with Crippen LogP contribution in [0.3, 0.4) is 0 Å². The molecular formula is C14H15NO2S. The second kappa shape index (κ2) is 6.87. The van der Waals surface area contributed by atoms with Crippen molar-refractivity contribution in [2.45, 2.75) is 24.8 Å². The Labute approximate surface area is 111 Å². The fraction of sp³-hybridized carbons (Fsp3) is 0.286. The molecule has 0 radical (unpaired) electrons. The first-order chi connectivity index (χ1) is 8.56. The number of ether oxygens (including phenoxy) is 1. The van der Waals surface area contributed by atoms with Crippen LogP contribution in [0.2, 0.25) is 0 Å². The fourth-order valence-electron chi connectivity index (χ4n) is 1.28. The van der Waals surface area contributed by atoms with Crippen molar-refractivity contribution in [2.75, 3.05) is 6.26 Å². The number of esters is 1. The van der Waals surface area contributed by atoms with Gasteiger partial charge in [0.1, 0.15) is 11.6 Å². The molecule has 18 heavy (non-hydrogen) atoms. The lowest BCUT2D eigenvalue weighted by Crippen LogP contribution is -2.12. The summed E-state index contributed by atoms with van der Waals surface area (Å²) in [7, 11) is 0. The van der Waals surface area contributed by atoms with Crippen molar-refractivity contribution in [3.05, 3.63) is 35.4 Å². The largest absolute Gasteiger partial charge is 0.459 e. The van der Waals surface area contributed by atoms with Gasteiger partial charge in [0.25, 0.3) is 0 Å². The molecule has 0 aliphatic rings. The maximum absolute atomic E-state index is 11.6. The summed E-state index contributed by atoms with van der Waals surface area (Å²) in [5.74, 6) is -0.582. The summed E-state index contributed by atoms with van der Waals surface area (Å²) in [5.41, 5.74) is 0.825. The van der Waals surface area contributed by atoms with Gasteiger partial charge in [0.2, 0.25) is 0 Å². The number of carbonyl (C=O) groups excluding carboxylic acids is 1. The zero-order chi connectivity index (χ0) is 13.5. The number of carbonyl (C=O) groups is 1. The third kappa shape index (κ3) is 4.27. The predicted octanol–water partition coefficient (Wildman–Crippen LogP) is 3.27. The molecule has 0 N–H and O–H groups in total. The van der Waals surface area contributed by atoms with Crippen LogP contribution in [0.1, 0.15) is 19.4 Å². The normalized spacial score (nSPS) is 11.2. The minimum Gasteiger partial charge on any atom is -0.459 e. The zero-order valence-corrected chi connectivity index (χ0v) is 11.5. The summed E-state index contributed by atoms with van der Waals surface area (Å²) >= 11 is 1.64. The van der Waals surface area contributed by atoms with Crippen LogP contribution in [0.25, 0.3) is 6.08 Å². The van der Waals surface area contributed by atoms with E-state index in [1.54, 1.807) is 25.6 Å². The lowest BCUT2D eigenvalue weighted by atomic mass is 10.1. The highest BCUT2D eigenvalue weighted by atomic mass is 32.2. The summed E-state index contributed by atoms with van der Waals surface area (Å²) in [6.45, 7) is 3.50. The van der Waals surface area contributed by atoms with Crippen molar-refractivity contribution < 1.29 is 9.53 Å². The highest BCUT2D eigenvalue weighted by Crippen LogP contribution is 2.16. The van der Waals surface area contributed by atoms with Crippen molar-refractivity contribution in [3.63, 3.8) is 0 Å². The molecule has 1 rings (SSSR count). The van der Waals surface area contributed by atoms with Gasteiger partial charge in [-0.2, -0.15) is 5.26 Å². The van der Waals surface area contributed by atoms with Crippen LogP contribution in [0.5, 0.6) is 0 Å². The van der Waals surface area contributed by atoms with Crippen LogP contribution in [0, 0.1) is 11.3 Å². The second-order valence-electron chi connectivity index (χ2n) is 3.90. The first kappa shape index (κ1) is 14.3. The van der Waals surface area contributed by atoms with Gasteiger partial charge >= 0.3 is 5.97 Å². The van der Waals surface area contributed by atoms with Crippen LogP contribution in [0.4, 0.5) is 0 Å². The number of nitriles is 1. The molecule has 0 saturated carbocycles. The lowest BCUT2D eigenvalue weighted by molar-refractivity contribution is -0.142. The Morgan fingerprint density at radius 3 is 2.44 bits per heavy atom. The molecule has 4 heteroatoms. The molecule has 0 atom stereocenters. The number of hydrogen-bond acceptors (Lipinski definition) is 4. The van der Waals surface area contributed by atoms with Gasteiger partial charge in [0.05, 0.1) is 6.10 Å². The van der Waals surface area contributed by atoms with Crippen molar-refractivity contribution in [3.8, 4) is 6.07 Å². The van der Waals surface area contributed by atoms with Gasteiger partial charge in [-0.05, 0) is 43.9 Å². The molecule has 1 aromatic carbocycles. The van der Waals surface area contributed by atoms with E-state index in [0.29, 0.717) is 0 Å². The molecular weight excluding hydrogens is 246 g/mol. The van der Waals surface area contributed by atoms with Crippen LogP contribution in [-0.4, -0.2) is 18.3 Å². The third-order valence-corrected chi connectivity index (χ3v) is 2.85. The molecule has 0 aliphatic carbocycles. The lowest BCUT2D eigenvalue weighted by Gasteiger charge is -2.06. The minimum absolute atomic E-state index is 0.0144. The average Bonchev–Trinajstić information content (AvgIpc) is 2.35. The van der Waals surface area contributed by atoms with Gasteiger partial charge in [-0.15, -0.1) is 11.8 Å². The Morgan fingerprint density at radius 1 is 1.39 bits per heavy atom. The van der Waals surface area contributed by atoms with E-state index in [0.717, 1.165) is 10.5 Å². The van der Waals surface area contributed by atoms with E-state index in [2.05, 4.69) is 0 Å². The summed E-state index contributed by atoms with van der Waals surface area (Å²) in [6, 6.07) is 9.49. The van der Waals surface area contributed by atoms with Crippen molar-refractivity contribution in [1.29, 1.82) is 5.26 Å². The fourth-order valence-corrected chi connectivity index (χ4v) is 1.69. The van der Waals surface area contributed by atoms with Crippen molar-refractivity contribution >= 4 is 23.8 Å². The van der Waals surface area contributed by atoms with E-state index >= 15 is 0 Å². The van der Waals surface area contributed by atoms with E-state index in [1.165, 1.54) is 6.08 Å². The molecule has 0 amide bonds. The predicted molar refractivity (Wildman–Crippen MR) is 73.0 cm³/mol. The van der Waals surface area contributed by atoms with Gasteiger partial charge in [-0.1, -0.05) is 12.1 Å². The monoisotopic (exact) mass is 261 g/mol. The Hall–Kier alpha value is -1.73. The third-order valence-electron chi connectivity index (χ3n) is 2.11. The van der Waals surface area contributed by atoms with Crippen LogP contribution < -0.4 is 0 Å². The standard InChI is InChI=1S/C14H15NO2S/c1-10(2)17-14(16)12(9-15)8-11-4-6-13(18-3)7-5-11/h4-8,10H,1-3H3/b12-8+. The number of nitrogens with zero attached hydrogens (tertiary/aromatic N) is 1. The first-order valence-electron chi connectivity index (χ1n) is 5.53. The second-order valence-corrected chi connectivity index (χ2v) is 4.78. The van der Waals surface area contributed by atoms with E-state index in [9.17, 15) is 4.79 Å². The van der Waals surface area contributed by atoms with Crippen LogP contribution in [0.15, 0.2) is 34.7 Å². The Morgan fingerprint density at radius 2 is 2.00 bits per heavy atom. The van der Waals surface area contributed by atoms with E-state index in [-0.39, 0.29) is 11.7 Å². The quantitative estimate of drug-likeness (QED) is 0.361. The smallest absolute Gasteiger partial charge is 0.349 e. The highest BCUT2D eigenvalue weighted by Gasteiger charge is 2.12. The van der Waals surface area contributed by atoms with Crippen LogP contribution in [-0.2, 0) is 9.53 Å². The first-order valence-corrected chi connectivity index (χ1v) is 6.76. The highest BCUT2D eigenvalue weighted by molar-refractivity contribution is 7.98. The maximum atomic E-state index is 11.6. The molecule has 0 saturated heterocycles. The molecule has 0 spiro atoms. The Bertz CT molecular complexity index is 484. The van der Waals surface area contributed by atoms with Gasteiger partial charge in [-0.3, -0.25) is 0 Å². The molecule has 0 fully saturated rings. The zero-order valence-electron chi connectivity index (χ0n) is 10.6. The summed E-state index contributed by atoms with van der Waals surface area (Å²) in [4.78, 5) is 12.7. The molecule has 1 aromatic rings. The number of benzene rings is 1.